The third-order valence-corrected chi connectivity index (χ3v) is 8.42. The van der Waals surface area contributed by atoms with Gasteiger partial charge in [-0.05, 0) is 47.5 Å². The summed E-state index contributed by atoms with van der Waals surface area (Å²) in [6, 6.07) is 26.2. The van der Waals surface area contributed by atoms with Crippen LogP contribution in [0.2, 0.25) is 0 Å². The molecule has 0 radical (unpaired) electrons. The summed E-state index contributed by atoms with van der Waals surface area (Å²) < 4.78 is 31.5. The van der Waals surface area contributed by atoms with Crippen LogP contribution in [-0.2, 0) is 21.5 Å². The van der Waals surface area contributed by atoms with E-state index in [0.29, 0.717) is 13.1 Å². The topological polar surface area (TPSA) is 61.9 Å². The van der Waals surface area contributed by atoms with Gasteiger partial charge in [-0.2, -0.15) is 23.5 Å². The highest BCUT2D eigenvalue weighted by atomic mass is 35.5. The standard InChI is InChI=1S/C27H35N3O3S3.ClH/c1-29(2)25-13-9-23(10-14-25)22-35-20-18-30(36(3,31)32)28-17-19-34-21-24-11-15-27(16-12-24)33-26-7-5-4-6-8-26;/h4-16,28H,17-22H2,1-3H3;1H. The zero-order chi connectivity index (χ0) is 25.8. The largest absolute Gasteiger partial charge is 0.457 e. The first kappa shape index (κ1) is 31.3. The molecule has 202 valence electrons. The van der Waals surface area contributed by atoms with Crippen LogP contribution in [0.1, 0.15) is 11.1 Å². The first-order valence-corrected chi connectivity index (χ1v) is 15.9. The van der Waals surface area contributed by atoms with Crippen LogP contribution in [0.15, 0.2) is 78.9 Å². The Hall–Kier alpha value is -1.88. The molecule has 6 nitrogen and oxygen atoms in total. The summed E-state index contributed by atoms with van der Waals surface area (Å²) in [6.07, 6.45) is 1.25. The molecule has 0 aliphatic rings. The third-order valence-electron chi connectivity index (χ3n) is 5.27. The molecular formula is C27H36ClN3O3S3. The van der Waals surface area contributed by atoms with Gasteiger partial charge in [-0.3, -0.25) is 0 Å². The minimum atomic E-state index is -3.31. The van der Waals surface area contributed by atoms with Crippen molar-refractivity contribution in [2.24, 2.45) is 0 Å². The molecule has 0 unspecified atom stereocenters. The van der Waals surface area contributed by atoms with Crippen molar-refractivity contribution in [3.63, 3.8) is 0 Å². The number of anilines is 1. The molecule has 0 aromatic heterocycles. The molecule has 1 N–H and O–H groups in total. The van der Waals surface area contributed by atoms with E-state index in [4.69, 9.17) is 4.74 Å². The molecule has 0 fully saturated rings. The number of para-hydroxylation sites is 1. The Labute approximate surface area is 236 Å². The van der Waals surface area contributed by atoms with Crippen LogP contribution in [0.25, 0.3) is 0 Å². The molecular weight excluding hydrogens is 546 g/mol. The predicted molar refractivity (Wildman–Crippen MR) is 163 cm³/mol. The maximum Gasteiger partial charge on any atom is 0.223 e. The van der Waals surface area contributed by atoms with Crippen molar-refractivity contribution < 1.29 is 13.2 Å². The van der Waals surface area contributed by atoms with Crippen molar-refractivity contribution in [1.29, 1.82) is 0 Å². The van der Waals surface area contributed by atoms with Crippen LogP contribution in [0.5, 0.6) is 11.5 Å². The number of benzene rings is 3. The number of nitrogens with one attached hydrogen (secondary N) is 1. The highest BCUT2D eigenvalue weighted by Crippen LogP contribution is 2.22. The number of rotatable bonds is 15. The Morgan fingerprint density at radius 3 is 1.89 bits per heavy atom. The summed E-state index contributed by atoms with van der Waals surface area (Å²) in [6.45, 7) is 1.02. The minimum absolute atomic E-state index is 0. The van der Waals surface area contributed by atoms with Crippen molar-refractivity contribution in [3.05, 3.63) is 90.0 Å². The Kier molecular flexibility index (Phi) is 13.7. The fourth-order valence-electron chi connectivity index (χ4n) is 3.30. The molecule has 10 heteroatoms. The van der Waals surface area contributed by atoms with E-state index in [1.807, 2.05) is 56.6 Å². The number of thioether (sulfide) groups is 2. The van der Waals surface area contributed by atoms with Crippen molar-refractivity contribution in [3.8, 4) is 11.5 Å². The lowest BCUT2D eigenvalue weighted by Gasteiger charge is -2.20. The van der Waals surface area contributed by atoms with Gasteiger partial charge in [0.1, 0.15) is 11.5 Å². The molecule has 0 aliphatic heterocycles. The van der Waals surface area contributed by atoms with E-state index < -0.39 is 10.0 Å². The van der Waals surface area contributed by atoms with Crippen molar-refractivity contribution in [1.82, 2.24) is 9.84 Å². The summed E-state index contributed by atoms with van der Waals surface area (Å²) in [4.78, 5) is 2.07. The zero-order valence-corrected chi connectivity index (χ0v) is 24.8. The van der Waals surface area contributed by atoms with Crippen molar-refractivity contribution >= 4 is 51.6 Å². The molecule has 0 spiro atoms. The van der Waals surface area contributed by atoms with E-state index in [0.717, 1.165) is 34.5 Å². The summed E-state index contributed by atoms with van der Waals surface area (Å²) in [5, 5.41) is 0. The van der Waals surface area contributed by atoms with Gasteiger partial charge >= 0.3 is 0 Å². The normalized spacial score (nSPS) is 11.2. The minimum Gasteiger partial charge on any atom is -0.457 e. The summed E-state index contributed by atoms with van der Waals surface area (Å²) in [5.74, 6) is 4.87. The Bertz CT molecular complexity index is 1150. The lowest BCUT2D eigenvalue weighted by atomic mass is 10.2. The molecule has 0 heterocycles. The Balaban J connectivity index is 0.00000481. The average Bonchev–Trinajstić information content (AvgIpc) is 2.86. The van der Waals surface area contributed by atoms with Gasteiger partial charge < -0.3 is 9.64 Å². The zero-order valence-electron chi connectivity index (χ0n) is 21.5. The average molecular weight is 582 g/mol. The van der Waals surface area contributed by atoms with Gasteiger partial charge in [0.25, 0.3) is 0 Å². The van der Waals surface area contributed by atoms with E-state index in [1.165, 1.54) is 27.5 Å². The molecule has 0 saturated heterocycles. The fourth-order valence-corrected chi connectivity index (χ4v) is 5.86. The number of ether oxygens (including phenoxy) is 1. The van der Waals surface area contributed by atoms with Gasteiger partial charge in [0.05, 0.1) is 6.26 Å². The maximum absolute atomic E-state index is 12.2. The lowest BCUT2D eigenvalue weighted by Crippen LogP contribution is -2.44. The predicted octanol–water partition coefficient (Wildman–Crippen LogP) is 5.90. The maximum atomic E-state index is 12.2. The molecule has 0 amide bonds. The summed E-state index contributed by atoms with van der Waals surface area (Å²) in [5.41, 5.74) is 6.70. The van der Waals surface area contributed by atoms with Gasteiger partial charge in [0.15, 0.2) is 0 Å². The van der Waals surface area contributed by atoms with Crippen LogP contribution in [0.3, 0.4) is 0 Å². The van der Waals surface area contributed by atoms with Gasteiger partial charge in [-0.1, -0.05) is 42.5 Å². The SMILES string of the molecule is CN(C)c1ccc(CSCCN(NCCSCc2ccc(Oc3ccccc3)cc2)S(C)(=O)=O)cc1.Cl. The molecule has 0 atom stereocenters. The second-order valence-electron chi connectivity index (χ2n) is 8.47. The number of hydrazine groups is 1. The molecule has 3 rings (SSSR count). The van der Waals surface area contributed by atoms with Gasteiger partial charge in [-0.25, -0.2) is 13.8 Å². The second-order valence-corrected chi connectivity index (χ2v) is 12.6. The van der Waals surface area contributed by atoms with E-state index in [1.54, 1.807) is 23.5 Å². The molecule has 0 aliphatic carbocycles. The van der Waals surface area contributed by atoms with Gasteiger partial charge in [0.2, 0.25) is 10.0 Å². The van der Waals surface area contributed by atoms with Crippen molar-refractivity contribution in [2.75, 3.05) is 49.8 Å². The highest BCUT2D eigenvalue weighted by Gasteiger charge is 2.15. The van der Waals surface area contributed by atoms with Gasteiger partial charge in [0, 0.05) is 55.9 Å². The lowest BCUT2D eigenvalue weighted by molar-refractivity contribution is 0.344. The molecule has 0 saturated carbocycles. The monoisotopic (exact) mass is 581 g/mol. The molecule has 3 aromatic carbocycles. The first-order valence-electron chi connectivity index (χ1n) is 11.8. The van der Waals surface area contributed by atoms with E-state index >= 15 is 0 Å². The van der Waals surface area contributed by atoms with Crippen LogP contribution in [-0.4, -0.2) is 57.8 Å². The Morgan fingerprint density at radius 1 is 0.784 bits per heavy atom. The molecule has 37 heavy (non-hydrogen) atoms. The Morgan fingerprint density at radius 2 is 1.32 bits per heavy atom. The first-order chi connectivity index (χ1) is 17.3. The quantitative estimate of drug-likeness (QED) is 0.177. The van der Waals surface area contributed by atoms with Crippen LogP contribution in [0.4, 0.5) is 5.69 Å². The van der Waals surface area contributed by atoms with Crippen molar-refractivity contribution in [2.45, 2.75) is 11.5 Å². The van der Waals surface area contributed by atoms with Crippen LogP contribution >= 0.6 is 35.9 Å². The highest BCUT2D eigenvalue weighted by molar-refractivity contribution is 7.98. The number of sulfonamides is 1. The van der Waals surface area contributed by atoms with Crippen LogP contribution < -0.4 is 15.1 Å². The molecule has 3 aromatic rings. The van der Waals surface area contributed by atoms with E-state index in [2.05, 4.69) is 46.7 Å². The second kappa shape index (κ2) is 16.2. The summed E-state index contributed by atoms with van der Waals surface area (Å²) >= 11 is 3.50. The molecule has 0 bridgehead atoms. The number of nitrogens with zero attached hydrogens (tertiary/aromatic N) is 2. The van der Waals surface area contributed by atoms with Gasteiger partial charge in [-0.15, -0.1) is 16.8 Å². The third kappa shape index (κ3) is 11.6. The van der Waals surface area contributed by atoms with Crippen LogP contribution in [0, 0.1) is 0 Å². The fraction of sp³-hybridized carbons (Fsp3) is 0.333. The number of hydrogen-bond donors (Lipinski definition) is 1. The summed E-state index contributed by atoms with van der Waals surface area (Å²) in [7, 11) is 0.730. The number of halogens is 1. The van der Waals surface area contributed by atoms with E-state index in [-0.39, 0.29) is 12.4 Å². The van der Waals surface area contributed by atoms with E-state index in [9.17, 15) is 8.42 Å². The number of hydrogen-bond acceptors (Lipinski definition) is 7. The smallest absolute Gasteiger partial charge is 0.223 e.